The van der Waals surface area contributed by atoms with Gasteiger partial charge in [-0.05, 0) is 47.7 Å². The smallest absolute Gasteiger partial charge is 0.315 e. The van der Waals surface area contributed by atoms with E-state index in [1.165, 1.54) is 0 Å². The number of urea groups is 1. The van der Waals surface area contributed by atoms with Crippen LogP contribution < -0.4 is 10.6 Å². The second kappa shape index (κ2) is 5.59. The van der Waals surface area contributed by atoms with Crippen LogP contribution in [-0.4, -0.2) is 23.3 Å². The number of aliphatic hydroxyl groups excluding tert-OH is 1. The zero-order valence-corrected chi connectivity index (χ0v) is 12.6. The molecule has 1 saturated carbocycles. The molecular weight excluding hydrogens is 316 g/mol. The number of aliphatic hydroxyl groups is 1. The Morgan fingerprint density at radius 3 is 2.89 bits per heavy atom. The third kappa shape index (κ3) is 3.46. The predicted octanol–water partition coefficient (Wildman–Crippen LogP) is 2.47. The zero-order chi connectivity index (χ0) is 13.2. The minimum Gasteiger partial charge on any atom is -0.394 e. The van der Waals surface area contributed by atoms with E-state index in [1.807, 2.05) is 18.4 Å². The number of halogens is 1. The van der Waals surface area contributed by atoms with E-state index in [0.29, 0.717) is 12.5 Å². The van der Waals surface area contributed by atoms with Crippen LogP contribution in [0.25, 0.3) is 0 Å². The lowest BCUT2D eigenvalue weighted by molar-refractivity contribution is 0.155. The molecule has 1 fully saturated rings. The van der Waals surface area contributed by atoms with Crippen LogP contribution in [0.5, 0.6) is 0 Å². The van der Waals surface area contributed by atoms with Crippen molar-refractivity contribution in [1.29, 1.82) is 0 Å². The van der Waals surface area contributed by atoms with E-state index < -0.39 is 5.54 Å². The lowest BCUT2D eigenvalue weighted by atomic mass is 9.97. The van der Waals surface area contributed by atoms with Crippen LogP contribution >= 0.6 is 27.3 Å². The van der Waals surface area contributed by atoms with Gasteiger partial charge >= 0.3 is 6.03 Å². The molecule has 6 heteroatoms. The molecule has 1 heterocycles. The second-order valence-electron chi connectivity index (χ2n) is 4.89. The van der Waals surface area contributed by atoms with Gasteiger partial charge < -0.3 is 15.7 Å². The van der Waals surface area contributed by atoms with Crippen LogP contribution in [0.1, 0.15) is 24.6 Å². The molecule has 4 nitrogen and oxygen atoms in total. The van der Waals surface area contributed by atoms with Gasteiger partial charge in [-0.25, -0.2) is 4.79 Å². The third-order valence-electron chi connectivity index (χ3n) is 3.25. The number of rotatable bonds is 5. The second-order valence-corrected chi connectivity index (χ2v) is 6.80. The Bertz CT molecular complexity index is 433. The number of hydrogen-bond acceptors (Lipinski definition) is 3. The zero-order valence-electron chi connectivity index (χ0n) is 10.2. The summed E-state index contributed by atoms with van der Waals surface area (Å²) in [5.41, 5.74) is -0.486. The van der Waals surface area contributed by atoms with Crippen LogP contribution in [-0.2, 0) is 6.54 Å². The van der Waals surface area contributed by atoms with Crippen molar-refractivity contribution in [1.82, 2.24) is 10.6 Å². The molecule has 2 amide bonds. The molecule has 1 aliphatic rings. The van der Waals surface area contributed by atoms with Crippen LogP contribution in [0, 0.1) is 5.92 Å². The first-order valence-corrected chi connectivity index (χ1v) is 7.60. The summed E-state index contributed by atoms with van der Waals surface area (Å²) in [7, 11) is 0. The normalized spacial score (nSPS) is 18.2. The predicted molar refractivity (Wildman–Crippen MR) is 75.6 cm³/mol. The van der Waals surface area contributed by atoms with Crippen molar-refractivity contribution in [2.75, 3.05) is 6.61 Å². The Morgan fingerprint density at radius 1 is 1.67 bits per heavy atom. The summed E-state index contributed by atoms with van der Waals surface area (Å²) in [4.78, 5) is 12.9. The maximum absolute atomic E-state index is 11.8. The SMILES string of the molecule is CC(CO)(NC(=O)NCc1cc(Br)cs1)C1CC1. The average Bonchev–Trinajstić information content (AvgIpc) is 3.11. The number of carbonyl (C=O) groups excluding carboxylic acids is 1. The molecule has 0 bridgehead atoms. The monoisotopic (exact) mass is 332 g/mol. The van der Waals surface area contributed by atoms with Crippen LogP contribution in [0.15, 0.2) is 15.9 Å². The molecule has 0 radical (unpaired) electrons. The maximum Gasteiger partial charge on any atom is 0.315 e. The lowest BCUT2D eigenvalue weighted by Crippen LogP contribution is -2.53. The standard InChI is InChI=1S/C12H17BrN2O2S/c1-12(7-16,8-2-3-8)15-11(17)14-5-10-4-9(13)6-18-10/h4,6,8,16H,2-3,5,7H2,1H3,(H2,14,15,17). The molecule has 1 aromatic rings. The molecule has 1 unspecified atom stereocenters. The highest BCUT2D eigenvalue weighted by Gasteiger charge is 2.42. The molecule has 100 valence electrons. The first-order valence-electron chi connectivity index (χ1n) is 5.93. The largest absolute Gasteiger partial charge is 0.394 e. The van der Waals surface area contributed by atoms with Gasteiger partial charge in [-0.1, -0.05) is 0 Å². The number of hydrogen-bond donors (Lipinski definition) is 3. The topological polar surface area (TPSA) is 61.4 Å². The van der Waals surface area contributed by atoms with Crippen molar-refractivity contribution in [3.63, 3.8) is 0 Å². The van der Waals surface area contributed by atoms with Crippen molar-refractivity contribution in [3.05, 3.63) is 20.8 Å². The molecule has 0 aromatic carbocycles. The molecule has 1 aromatic heterocycles. The summed E-state index contributed by atoms with van der Waals surface area (Å²) in [6.45, 7) is 2.38. The quantitative estimate of drug-likeness (QED) is 0.775. The van der Waals surface area contributed by atoms with Gasteiger partial charge in [0.15, 0.2) is 0 Å². The third-order valence-corrected chi connectivity index (χ3v) is 4.95. The van der Waals surface area contributed by atoms with Gasteiger partial charge in [-0.3, -0.25) is 0 Å². The summed E-state index contributed by atoms with van der Waals surface area (Å²) in [5.74, 6) is 0.407. The van der Waals surface area contributed by atoms with E-state index in [2.05, 4.69) is 26.6 Å². The van der Waals surface area contributed by atoms with Gasteiger partial charge in [0.25, 0.3) is 0 Å². The van der Waals surface area contributed by atoms with E-state index >= 15 is 0 Å². The molecule has 1 atom stereocenters. The Kier molecular flexibility index (Phi) is 4.29. The van der Waals surface area contributed by atoms with Crippen molar-refractivity contribution in [2.24, 2.45) is 5.92 Å². The van der Waals surface area contributed by atoms with Gasteiger partial charge in [-0.15, -0.1) is 11.3 Å². The Balaban J connectivity index is 1.81. The first-order chi connectivity index (χ1) is 8.53. The van der Waals surface area contributed by atoms with Crippen molar-refractivity contribution in [3.8, 4) is 0 Å². The molecule has 2 rings (SSSR count). The number of thiophene rings is 1. The van der Waals surface area contributed by atoms with Crippen molar-refractivity contribution >= 4 is 33.3 Å². The number of amides is 2. The summed E-state index contributed by atoms with van der Waals surface area (Å²) < 4.78 is 1.03. The molecular formula is C12H17BrN2O2S. The fraction of sp³-hybridized carbons (Fsp3) is 0.583. The van der Waals surface area contributed by atoms with Crippen LogP contribution in [0.3, 0.4) is 0 Å². The molecule has 18 heavy (non-hydrogen) atoms. The summed E-state index contributed by atoms with van der Waals surface area (Å²) in [5, 5.41) is 17.1. The van der Waals surface area contributed by atoms with Crippen molar-refractivity contribution in [2.45, 2.75) is 31.8 Å². The molecule has 0 aliphatic heterocycles. The van der Waals surface area contributed by atoms with Gasteiger partial charge in [0.1, 0.15) is 0 Å². The minimum absolute atomic E-state index is 0.0182. The van der Waals surface area contributed by atoms with Gasteiger partial charge in [-0.2, -0.15) is 0 Å². The highest BCUT2D eigenvalue weighted by Crippen LogP contribution is 2.39. The number of nitrogens with one attached hydrogen (secondary N) is 2. The van der Waals surface area contributed by atoms with Gasteiger partial charge in [0.2, 0.25) is 0 Å². The van der Waals surface area contributed by atoms with Crippen LogP contribution in [0.4, 0.5) is 4.79 Å². The molecule has 0 saturated heterocycles. The average molecular weight is 333 g/mol. The maximum atomic E-state index is 11.8. The summed E-state index contributed by atoms with van der Waals surface area (Å²) >= 11 is 4.97. The Labute approximate surface area is 119 Å². The number of carbonyl (C=O) groups is 1. The van der Waals surface area contributed by atoms with E-state index in [0.717, 1.165) is 22.2 Å². The highest BCUT2D eigenvalue weighted by atomic mass is 79.9. The van der Waals surface area contributed by atoms with Gasteiger partial charge in [0, 0.05) is 14.7 Å². The summed E-state index contributed by atoms with van der Waals surface area (Å²) in [6, 6.07) is 1.76. The lowest BCUT2D eigenvalue weighted by Gasteiger charge is -2.28. The Hall–Kier alpha value is -0.590. The van der Waals surface area contributed by atoms with Crippen molar-refractivity contribution < 1.29 is 9.90 Å². The highest BCUT2D eigenvalue weighted by molar-refractivity contribution is 9.10. The molecule has 1 aliphatic carbocycles. The van der Waals surface area contributed by atoms with Crippen LogP contribution in [0.2, 0.25) is 0 Å². The molecule has 3 N–H and O–H groups in total. The minimum atomic E-state index is -0.486. The molecule has 0 spiro atoms. The van der Waals surface area contributed by atoms with Gasteiger partial charge in [0.05, 0.1) is 18.7 Å². The first kappa shape index (κ1) is 13.8. The Morgan fingerprint density at radius 2 is 2.39 bits per heavy atom. The van der Waals surface area contributed by atoms with E-state index in [9.17, 15) is 9.90 Å². The fourth-order valence-corrected chi connectivity index (χ4v) is 3.30. The fourth-order valence-electron chi connectivity index (χ4n) is 1.91. The summed E-state index contributed by atoms with van der Waals surface area (Å²) in [6.07, 6.45) is 2.16. The van der Waals surface area contributed by atoms with E-state index in [1.54, 1.807) is 11.3 Å². The van der Waals surface area contributed by atoms with E-state index in [-0.39, 0.29) is 12.6 Å². The van der Waals surface area contributed by atoms with E-state index in [4.69, 9.17) is 0 Å².